The van der Waals surface area contributed by atoms with E-state index in [2.05, 4.69) is 10.3 Å². The molecule has 1 aromatic carbocycles. The zero-order chi connectivity index (χ0) is 13.0. The van der Waals surface area contributed by atoms with Crippen molar-refractivity contribution in [1.29, 1.82) is 0 Å². The Kier molecular flexibility index (Phi) is 2.05. The second kappa shape index (κ2) is 3.30. The molecule has 0 spiro atoms. The van der Waals surface area contributed by atoms with Gasteiger partial charge in [-0.1, -0.05) is 6.07 Å². The number of fused-ring (bicyclic) bond motifs is 1. The van der Waals surface area contributed by atoms with E-state index in [9.17, 15) is 13.2 Å². The Morgan fingerprint density at radius 3 is 2.61 bits per heavy atom. The van der Waals surface area contributed by atoms with Crippen molar-refractivity contribution in [2.75, 3.05) is 11.1 Å². The third-order valence-corrected chi connectivity index (χ3v) is 3.09. The largest absolute Gasteiger partial charge is 0.423 e. The SMILES string of the molecule is Nc1cccc2oc(NC3(C(F)(F)F)CC3)nc12. The van der Waals surface area contributed by atoms with Crippen LogP contribution in [0.2, 0.25) is 0 Å². The van der Waals surface area contributed by atoms with Gasteiger partial charge >= 0.3 is 6.18 Å². The first kappa shape index (κ1) is 11.2. The fraction of sp³-hybridized carbons (Fsp3) is 0.364. The maximum Gasteiger partial charge on any atom is 0.411 e. The maximum absolute atomic E-state index is 12.8. The number of hydrogen-bond donors (Lipinski definition) is 2. The highest BCUT2D eigenvalue weighted by Gasteiger charge is 2.64. The quantitative estimate of drug-likeness (QED) is 0.812. The summed E-state index contributed by atoms with van der Waals surface area (Å²) in [6.45, 7) is 0. The van der Waals surface area contributed by atoms with Gasteiger partial charge in [-0.3, -0.25) is 0 Å². The lowest BCUT2D eigenvalue weighted by Gasteiger charge is -2.19. The number of oxazole rings is 1. The van der Waals surface area contributed by atoms with Crippen LogP contribution in [0.4, 0.5) is 24.9 Å². The van der Waals surface area contributed by atoms with E-state index in [1.807, 2.05) is 0 Å². The van der Waals surface area contributed by atoms with Crippen molar-refractivity contribution in [2.24, 2.45) is 0 Å². The van der Waals surface area contributed by atoms with E-state index >= 15 is 0 Å². The molecule has 3 N–H and O–H groups in total. The summed E-state index contributed by atoms with van der Waals surface area (Å²) < 4.78 is 43.5. The monoisotopic (exact) mass is 257 g/mol. The van der Waals surface area contributed by atoms with Gasteiger partial charge in [0, 0.05) is 0 Å². The van der Waals surface area contributed by atoms with Gasteiger partial charge in [-0.25, -0.2) is 0 Å². The van der Waals surface area contributed by atoms with Crippen LogP contribution in [0.3, 0.4) is 0 Å². The molecule has 0 bridgehead atoms. The molecule has 1 aromatic heterocycles. The first-order valence-electron chi connectivity index (χ1n) is 5.41. The van der Waals surface area contributed by atoms with E-state index in [0.717, 1.165) is 0 Å². The van der Waals surface area contributed by atoms with E-state index in [0.29, 0.717) is 16.8 Å². The van der Waals surface area contributed by atoms with Gasteiger partial charge in [-0.05, 0) is 25.0 Å². The number of nitrogens with two attached hydrogens (primary N) is 1. The molecule has 1 fully saturated rings. The number of nitrogens with one attached hydrogen (secondary N) is 1. The molecule has 1 aliphatic rings. The summed E-state index contributed by atoms with van der Waals surface area (Å²) in [5.74, 6) is 0. The number of alkyl halides is 3. The summed E-state index contributed by atoms with van der Waals surface area (Å²) >= 11 is 0. The number of hydrogen-bond acceptors (Lipinski definition) is 4. The Morgan fingerprint density at radius 1 is 1.33 bits per heavy atom. The van der Waals surface area contributed by atoms with Gasteiger partial charge in [0.25, 0.3) is 6.01 Å². The molecule has 18 heavy (non-hydrogen) atoms. The number of aromatic nitrogens is 1. The molecule has 0 atom stereocenters. The van der Waals surface area contributed by atoms with Crippen LogP contribution in [-0.4, -0.2) is 16.7 Å². The van der Waals surface area contributed by atoms with Crippen molar-refractivity contribution in [2.45, 2.75) is 24.6 Å². The Balaban J connectivity index is 1.95. The van der Waals surface area contributed by atoms with E-state index in [1.165, 1.54) is 0 Å². The minimum atomic E-state index is -4.31. The third-order valence-electron chi connectivity index (χ3n) is 3.09. The van der Waals surface area contributed by atoms with Gasteiger partial charge < -0.3 is 15.5 Å². The summed E-state index contributed by atoms with van der Waals surface area (Å²) in [6, 6.07) is 4.74. The molecule has 3 rings (SSSR count). The summed E-state index contributed by atoms with van der Waals surface area (Å²) in [6.07, 6.45) is -4.24. The zero-order valence-electron chi connectivity index (χ0n) is 9.21. The highest BCUT2D eigenvalue weighted by Crippen LogP contribution is 2.51. The summed E-state index contributed by atoms with van der Waals surface area (Å²) in [5, 5.41) is 2.33. The number of halogens is 3. The van der Waals surface area contributed by atoms with Gasteiger partial charge in [0.1, 0.15) is 11.1 Å². The Bertz CT molecular complexity index is 601. The van der Waals surface area contributed by atoms with Crippen LogP contribution < -0.4 is 11.1 Å². The second-order valence-corrected chi connectivity index (χ2v) is 4.42. The number of benzene rings is 1. The molecule has 1 saturated carbocycles. The lowest BCUT2D eigenvalue weighted by molar-refractivity contribution is -0.151. The predicted octanol–water partition coefficient (Wildman–Crippen LogP) is 2.92. The molecular formula is C11H10F3N3O. The van der Waals surface area contributed by atoms with E-state index in [1.54, 1.807) is 18.2 Å². The summed E-state index contributed by atoms with van der Waals surface area (Å²) in [7, 11) is 0. The van der Waals surface area contributed by atoms with Gasteiger partial charge in [0.2, 0.25) is 0 Å². The number of anilines is 2. The minimum absolute atomic E-state index is 0.0324. The Morgan fingerprint density at radius 2 is 2.06 bits per heavy atom. The molecule has 1 heterocycles. The average molecular weight is 257 g/mol. The molecule has 1 aliphatic carbocycles. The van der Waals surface area contributed by atoms with Crippen LogP contribution in [0.1, 0.15) is 12.8 Å². The predicted molar refractivity (Wildman–Crippen MR) is 60.1 cm³/mol. The lowest BCUT2D eigenvalue weighted by atomic mass is 10.3. The van der Waals surface area contributed by atoms with E-state index in [-0.39, 0.29) is 18.9 Å². The first-order chi connectivity index (χ1) is 8.41. The van der Waals surface area contributed by atoms with Gasteiger partial charge in [-0.2, -0.15) is 18.2 Å². The van der Waals surface area contributed by atoms with Crippen LogP contribution in [0.15, 0.2) is 22.6 Å². The standard InChI is InChI=1S/C11H10F3N3O/c12-11(13,14)10(4-5-10)17-9-16-8-6(15)2-1-3-7(8)18-9/h1-3H,4-5,15H2,(H,16,17). The topological polar surface area (TPSA) is 64.1 Å². The van der Waals surface area contributed by atoms with Crippen LogP contribution in [0, 0.1) is 0 Å². The van der Waals surface area contributed by atoms with Crippen LogP contribution in [-0.2, 0) is 0 Å². The number of nitrogens with zero attached hydrogens (tertiary/aromatic N) is 1. The summed E-state index contributed by atoms with van der Waals surface area (Å²) in [5.41, 5.74) is 4.90. The van der Waals surface area contributed by atoms with Crippen molar-refractivity contribution < 1.29 is 17.6 Å². The molecule has 96 valence electrons. The van der Waals surface area contributed by atoms with Crippen LogP contribution in [0.25, 0.3) is 11.1 Å². The van der Waals surface area contributed by atoms with Gasteiger partial charge in [-0.15, -0.1) is 0 Å². The van der Waals surface area contributed by atoms with Crippen molar-refractivity contribution in [3.05, 3.63) is 18.2 Å². The highest BCUT2D eigenvalue weighted by atomic mass is 19.4. The average Bonchev–Trinajstić information content (AvgIpc) is 2.92. The first-order valence-corrected chi connectivity index (χ1v) is 5.41. The van der Waals surface area contributed by atoms with E-state index < -0.39 is 11.7 Å². The molecule has 0 aliphatic heterocycles. The minimum Gasteiger partial charge on any atom is -0.423 e. The molecular weight excluding hydrogens is 247 g/mol. The Labute approximate surface area is 100.0 Å². The fourth-order valence-corrected chi connectivity index (χ4v) is 1.83. The molecule has 0 radical (unpaired) electrons. The number of para-hydroxylation sites is 1. The zero-order valence-corrected chi connectivity index (χ0v) is 9.21. The Hall–Kier alpha value is -1.92. The van der Waals surface area contributed by atoms with Gasteiger partial charge in [0.15, 0.2) is 5.58 Å². The smallest absolute Gasteiger partial charge is 0.411 e. The van der Waals surface area contributed by atoms with Crippen molar-refractivity contribution in [3.8, 4) is 0 Å². The van der Waals surface area contributed by atoms with E-state index in [4.69, 9.17) is 10.2 Å². The highest BCUT2D eigenvalue weighted by molar-refractivity contribution is 5.86. The number of nitrogen functional groups attached to an aromatic ring is 1. The van der Waals surface area contributed by atoms with Gasteiger partial charge in [0.05, 0.1) is 5.69 Å². The second-order valence-electron chi connectivity index (χ2n) is 4.42. The normalized spacial score (nSPS) is 17.9. The molecule has 4 nitrogen and oxygen atoms in total. The number of rotatable bonds is 2. The van der Waals surface area contributed by atoms with Crippen LogP contribution in [0.5, 0.6) is 0 Å². The molecule has 7 heteroatoms. The molecule has 2 aromatic rings. The molecule has 0 saturated heterocycles. The fourth-order valence-electron chi connectivity index (χ4n) is 1.83. The lowest BCUT2D eigenvalue weighted by Crippen LogP contribution is -2.38. The van der Waals surface area contributed by atoms with Crippen molar-refractivity contribution in [1.82, 2.24) is 4.98 Å². The van der Waals surface area contributed by atoms with Crippen LogP contribution >= 0.6 is 0 Å². The molecule has 0 amide bonds. The third kappa shape index (κ3) is 1.58. The van der Waals surface area contributed by atoms with Crippen molar-refractivity contribution >= 4 is 22.8 Å². The van der Waals surface area contributed by atoms with Crippen molar-refractivity contribution in [3.63, 3.8) is 0 Å². The maximum atomic E-state index is 12.8. The molecule has 0 unspecified atom stereocenters. The summed E-state index contributed by atoms with van der Waals surface area (Å²) in [4.78, 5) is 3.95.